The smallest absolute Gasteiger partial charge is 0.414 e. The van der Waals surface area contributed by atoms with E-state index in [0.717, 1.165) is 31.6 Å². The molecule has 2 aliphatic rings. The van der Waals surface area contributed by atoms with Gasteiger partial charge < -0.3 is 25.0 Å². The highest BCUT2D eigenvalue weighted by atomic mass is 35.5. The number of benzene rings is 1. The van der Waals surface area contributed by atoms with Crippen molar-refractivity contribution >= 4 is 57.9 Å². The van der Waals surface area contributed by atoms with Gasteiger partial charge in [0, 0.05) is 25.9 Å². The van der Waals surface area contributed by atoms with Crippen LogP contribution < -0.4 is 20.4 Å². The Morgan fingerprint density at radius 1 is 1.21 bits per heavy atom. The van der Waals surface area contributed by atoms with Crippen LogP contribution in [0.3, 0.4) is 0 Å². The molecule has 0 aliphatic carbocycles. The number of hydrogen-bond acceptors (Lipinski definition) is 7. The average molecular weight is 507 g/mol. The molecule has 182 valence electrons. The van der Waals surface area contributed by atoms with Gasteiger partial charge in [0.25, 0.3) is 5.91 Å². The quantitative estimate of drug-likeness (QED) is 0.566. The number of hydrogen-bond donors (Lipinski definition) is 2. The van der Waals surface area contributed by atoms with E-state index in [4.69, 9.17) is 21.1 Å². The summed E-state index contributed by atoms with van der Waals surface area (Å²) in [6.45, 7) is 2.22. The minimum atomic E-state index is -0.502. The molecule has 2 aliphatic heterocycles. The molecule has 9 nitrogen and oxygen atoms in total. The second kappa shape index (κ2) is 11.1. The molecule has 0 bridgehead atoms. The summed E-state index contributed by atoms with van der Waals surface area (Å²) in [5, 5.41) is 5.69. The van der Waals surface area contributed by atoms with Gasteiger partial charge in [-0.3, -0.25) is 14.5 Å². The molecule has 11 heteroatoms. The Hall–Kier alpha value is -2.82. The number of ether oxygens (including phenoxy) is 2. The first kappa shape index (κ1) is 24.3. The zero-order valence-corrected chi connectivity index (χ0v) is 20.4. The number of halogens is 1. The Morgan fingerprint density at radius 2 is 2.00 bits per heavy atom. The van der Waals surface area contributed by atoms with Crippen molar-refractivity contribution in [3.8, 4) is 0 Å². The van der Waals surface area contributed by atoms with Gasteiger partial charge in [0.15, 0.2) is 0 Å². The molecule has 0 saturated carbocycles. The third-order valence-electron chi connectivity index (χ3n) is 5.70. The van der Waals surface area contributed by atoms with Gasteiger partial charge in [-0.1, -0.05) is 11.6 Å². The normalized spacial score (nSPS) is 18.1. The Balaban J connectivity index is 1.46. The summed E-state index contributed by atoms with van der Waals surface area (Å²) >= 11 is 7.07. The van der Waals surface area contributed by atoms with Crippen LogP contribution >= 0.6 is 22.9 Å². The average Bonchev–Trinajstić information content (AvgIpc) is 3.43. The number of anilines is 3. The van der Waals surface area contributed by atoms with Gasteiger partial charge in [0.2, 0.25) is 5.91 Å². The van der Waals surface area contributed by atoms with Crippen LogP contribution in [0.25, 0.3) is 0 Å². The number of carbonyl (C=O) groups excluding carboxylic acids is 3. The molecule has 2 N–H and O–H groups in total. The van der Waals surface area contributed by atoms with Gasteiger partial charge in [-0.2, -0.15) is 0 Å². The van der Waals surface area contributed by atoms with E-state index in [1.807, 2.05) is 12.1 Å². The molecule has 4 rings (SSSR count). The topological polar surface area (TPSA) is 100 Å². The molecule has 3 amide bonds. The van der Waals surface area contributed by atoms with Crippen LogP contribution in [-0.2, 0) is 14.3 Å². The van der Waals surface area contributed by atoms with E-state index >= 15 is 0 Å². The maximum atomic E-state index is 12.6. The molecule has 1 aromatic carbocycles. The van der Waals surface area contributed by atoms with E-state index in [1.54, 1.807) is 18.2 Å². The predicted octanol–water partition coefficient (Wildman–Crippen LogP) is 3.73. The third-order valence-corrected chi connectivity index (χ3v) is 6.93. The fourth-order valence-corrected chi connectivity index (χ4v) is 5.05. The summed E-state index contributed by atoms with van der Waals surface area (Å²) < 4.78 is 10.9. The van der Waals surface area contributed by atoms with Crippen molar-refractivity contribution in [2.75, 3.05) is 55.0 Å². The number of rotatable bonds is 8. The first-order valence-electron chi connectivity index (χ1n) is 11.1. The molecule has 1 unspecified atom stereocenters. The zero-order valence-electron chi connectivity index (χ0n) is 18.8. The summed E-state index contributed by atoms with van der Waals surface area (Å²) in [6, 6.07) is 8.87. The van der Waals surface area contributed by atoms with Crippen LogP contribution in [0.4, 0.5) is 21.9 Å². The molecule has 2 fully saturated rings. The highest BCUT2D eigenvalue weighted by molar-refractivity contribution is 7.18. The largest absolute Gasteiger partial charge is 0.442 e. The van der Waals surface area contributed by atoms with E-state index in [1.165, 1.54) is 29.8 Å². The van der Waals surface area contributed by atoms with E-state index < -0.39 is 12.2 Å². The highest BCUT2D eigenvalue weighted by Crippen LogP contribution is 2.34. The molecular formula is C23H27ClN4O5S. The monoisotopic (exact) mass is 506 g/mol. The Kier molecular flexibility index (Phi) is 7.91. The number of nitrogens with zero attached hydrogens (tertiary/aromatic N) is 2. The lowest BCUT2D eigenvalue weighted by Gasteiger charge is -2.31. The summed E-state index contributed by atoms with van der Waals surface area (Å²) in [7, 11) is 1.47. The van der Waals surface area contributed by atoms with Gasteiger partial charge in [0.05, 0.1) is 33.7 Å². The van der Waals surface area contributed by atoms with E-state index in [9.17, 15) is 14.4 Å². The first-order valence-corrected chi connectivity index (χ1v) is 12.3. The lowest BCUT2D eigenvalue weighted by molar-refractivity contribution is -0.119. The zero-order chi connectivity index (χ0) is 24.1. The lowest BCUT2D eigenvalue weighted by atomic mass is 10.1. The molecular weight excluding hydrogens is 480 g/mol. The van der Waals surface area contributed by atoms with Gasteiger partial charge in [-0.05, 0) is 49.6 Å². The van der Waals surface area contributed by atoms with Crippen molar-refractivity contribution in [2.45, 2.75) is 25.4 Å². The Labute approximate surface area is 206 Å². The van der Waals surface area contributed by atoms with Crippen molar-refractivity contribution in [3.63, 3.8) is 0 Å². The predicted molar refractivity (Wildman–Crippen MR) is 132 cm³/mol. The Morgan fingerprint density at radius 3 is 2.71 bits per heavy atom. The lowest BCUT2D eigenvalue weighted by Crippen LogP contribution is -2.34. The van der Waals surface area contributed by atoms with Gasteiger partial charge in [-0.15, -0.1) is 11.3 Å². The molecule has 1 atom stereocenters. The number of carbonyl (C=O) groups is 3. The van der Waals surface area contributed by atoms with Crippen LogP contribution in [-0.4, -0.2) is 63.9 Å². The third kappa shape index (κ3) is 5.81. The van der Waals surface area contributed by atoms with Crippen molar-refractivity contribution < 1.29 is 23.9 Å². The van der Waals surface area contributed by atoms with Crippen molar-refractivity contribution in [2.24, 2.45) is 0 Å². The van der Waals surface area contributed by atoms with E-state index in [0.29, 0.717) is 20.6 Å². The number of methoxy groups -OCH3 is 1. The molecule has 3 heterocycles. The summed E-state index contributed by atoms with van der Waals surface area (Å²) in [5.74, 6) is -0.531. The van der Waals surface area contributed by atoms with Gasteiger partial charge in [0.1, 0.15) is 12.7 Å². The van der Waals surface area contributed by atoms with Crippen LogP contribution in [0.2, 0.25) is 4.34 Å². The fraction of sp³-hybridized carbons (Fsp3) is 0.435. The number of thiophene rings is 1. The molecule has 1 aromatic heterocycles. The van der Waals surface area contributed by atoms with Crippen molar-refractivity contribution in [1.82, 2.24) is 5.32 Å². The standard InChI is InChI=1S/C23H27ClN4O5S/c1-32-14-21(29)26-17-11-15(5-6-18(17)27-9-3-2-4-10-27)28-13-16(33-23(28)31)12-25-22(30)19-7-8-20(24)34-19/h5-8,11,16H,2-4,9-10,12-14H2,1H3,(H,25,30)(H,26,29). The van der Waals surface area contributed by atoms with Crippen LogP contribution in [0.15, 0.2) is 30.3 Å². The SMILES string of the molecule is COCC(=O)Nc1cc(N2CC(CNC(=O)c3ccc(Cl)s3)OC2=O)ccc1N1CCCCC1. The van der Waals surface area contributed by atoms with Gasteiger partial charge in [-0.25, -0.2) is 4.79 Å². The van der Waals surface area contributed by atoms with Crippen LogP contribution in [0.5, 0.6) is 0 Å². The van der Waals surface area contributed by atoms with Crippen LogP contribution in [0, 0.1) is 0 Å². The maximum Gasteiger partial charge on any atom is 0.414 e. The Bertz CT molecular complexity index is 1060. The number of amides is 3. The summed E-state index contributed by atoms with van der Waals surface area (Å²) in [5.41, 5.74) is 2.15. The molecule has 0 radical (unpaired) electrons. The maximum absolute atomic E-state index is 12.6. The number of piperidine rings is 1. The van der Waals surface area contributed by atoms with Crippen molar-refractivity contribution in [3.05, 3.63) is 39.5 Å². The second-order valence-corrected chi connectivity index (χ2v) is 9.88. The summed E-state index contributed by atoms with van der Waals surface area (Å²) in [6.07, 6.45) is 2.38. The molecule has 2 aromatic rings. The molecule has 2 saturated heterocycles. The fourth-order valence-electron chi connectivity index (χ4n) is 4.09. The molecule has 34 heavy (non-hydrogen) atoms. The minimum Gasteiger partial charge on any atom is -0.442 e. The highest BCUT2D eigenvalue weighted by Gasteiger charge is 2.33. The molecule has 0 spiro atoms. The summed E-state index contributed by atoms with van der Waals surface area (Å²) in [4.78, 5) is 41.4. The number of cyclic esters (lactones) is 1. The van der Waals surface area contributed by atoms with Crippen LogP contribution in [0.1, 0.15) is 28.9 Å². The van der Waals surface area contributed by atoms with E-state index in [-0.39, 0.29) is 31.5 Å². The second-order valence-electron chi connectivity index (χ2n) is 8.16. The number of nitrogens with one attached hydrogen (secondary N) is 2. The van der Waals surface area contributed by atoms with Gasteiger partial charge >= 0.3 is 6.09 Å². The first-order chi connectivity index (χ1) is 16.4. The van der Waals surface area contributed by atoms with E-state index in [2.05, 4.69) is 15.5 Å². The van der Waals surface area contributed by atoms with Crippen molar-refractivity contribution in [1.29, 1.82) is 0 Å². The minimum absolute atomic E-state index is 0.0628.